The molecule has 0 aromatic carbocycles. The van der Waals surface area contributed by atoms with Crippen LogP contribution in [0.4, 0.5) is 5.69 Å². The van der Waals surface area contributed by atoms with E-state index < -0.39 is 0 Å². The van der Waals surface area contributed by atoms with Gasteiger partial charge in [0.1, 0.15) is 0 Å². The number of nitrogens with zero attached hydrogens (tertiary/aromatic N) is 4. The van der Waals surface area contributed by atoms with Crippen molar-refractivity contribution < 1.29 is 4.74 Å². The lowest BCUT2D eigenvalue weighted by Gasteiger charge is -2.57. The number of pyridine rings is 2. The molecule has 1 spiro atoms. The highest BCUT2D eigenvalue weighted by Gasteiger charge is 2.47. The van der Waals surface area contributed by atoms with Gasteiger partial charge in [0.05, 0.1) is 36.1 Å². The van der Waals surface area contributed by atoms with Crippen LogP contribution in [-0.2, 0) is 0 Å². The Bertz CT molecular complexity index is 1170. The molecule has 0 atom stereocenters. The molecule has 0 aliphatic carbocycles. The summed E-state index contributed by atoms with van der Waals surface area (Å²) in [5.74, 6) is 6.57. The molecule has 2 fully saturated rings. The van der Waals surface area contributed by atoms with Gasteiger partial charge in [-0.05, 0) is 24.1 Å². The van der Waals surface area contributed by atoms with Crippen molar-refractivity contribution in [2.24, 2.45) is 5.41 Å². The smallest absolute Gasteiger partial charge is 0.186 e. The van der Waals surface area contributed by atoms with E-state index in [4.69, 9.17) is 21.0 Å². The average molecular weight is 421 g/mol. The number of ether oxygens (including phenoxy) is 1. The topological polar surface area (TPSA) is 121 Å². The van der Waals surface area contributed by atoms with Crippen LogP contribution in [0.25, 0.3) is 22.6 Å². The summed E-state index contributed by atoms with van der Waals surface area (Å²) in [5.41, 5.74) is 6.14. The number of hydrogen-bond donors (Lipinski definition) is 4. The van der Waals surface area contributed by atoms with Gasteiger partial charge in [-0.1, -0.05) is 13.8 Å². The van der Waals surface area contributed by atoms with Crippen molar-refractivity contribution in [2.75, 3.05) is 44.0 Å². The van der Waals surface area contributed by atoms with Crippen LogP contribution in [0, 0.1) is 10.8 Å². The molecule has 9 nitrogen and oxygen atoms in total. The number of rotatable bonds is 5. The largest absolute Gasteiger partial charge is 0.493 e. The van der Waals surface area contributed by atoms with E-state index in [1.165, 1.54) is 11.8 Å². The molecule has 5 N–H and O–H groups in total. The van der Waals surface area contributed by atoms with Crippen LogP contribution in [0.2, 0.25) is 0 Å². The monoisotopic (exact) mass is 420 g/mol. The Morgan fingerprint density at radius 2 is 2.03 bits per heavy atom. The highest BCUT2D eigenvalue weighted by Crippen LogP contribution is 2.38. The Labute approximate surface area is 180 Å². The van der Waals surface area contributed by atoms with Gasteiger partial charge in [0, 0.05) is 48.9 Å². The lowest BCUT2D eigenvalue weighted by Crippen LogP contribution is -2.71. The SMILES string of the molecule is COc1cc(-c2n[nH]c(-c3ccc(N4CC5(CNC5)C4)cn3)c2C(C)C)cn(N)c1=N. The van der Waals surface area contributed by atoms with Crippen molar-refractivity contribution in [2.45, 2.75) is 19.8 Å². The predicted molar refractivity (Wildman–Crippen MR) is 119 cm³/mol. The molecule has 0 bridgehead atoms. The first kappa shape index (κ1) is 19.6. The number of nitrogen functional groups attached to an aromatic ring is 1. The van der Waals surface area contributed by atoms with Gasteiger partial charge in [-0.15, -0.1) is 0 Å². The molecule has 2 aliphatic rings. The average Bonchev–Trinajstić information content (AvgIpc) is 3.14. The van der Waals surface area contributed by atoms with E-state index in [2.05, 4.69) is 46.4 Å². The molecule has 31 heavy (non-hydrogen) atoms. The third-order valence-electron chi connectivity index (χ3n) is 6.35. The van der Waals surface area contributed by atoms with Crippen molar-refractivity contribution in [1.29, 1.82) is 5.41 Å². The van der Waals surface area contributed by atoms with E-state index in [9.17, 15) is 0 Å². The third kappa shape index (κ3) is 3.16. The molecule has 2 saturated heterocycles. The maximum absolute atomic E-state index is 8.02. The second-order valence-electron chi connectivity index (χ2n) is 8.93. The quantitative estimate of drug-likeness (QED) is 0.466. The molecule has 0 unspecified atom stereocenters. The maximum atomic E-state index is 8.02. The summed E-state index contributed by atoms with van der Waals surface area (Å²) >= 11 is 0. The molecule has 2 aliphatic heterocycles. The molecule has 0 radical (unpaired) electrons. The molecule has 3 aromatic rings. The minimum absolute atomic E-state index is 0.107. The van der Waals surface area contributed by atoms with Gasteiger partial charge < -0.3 is 20.8 Å². The molecular formula is C22H28N8O. The summed E-state index contributed by atoms with van der Waals surface area (Å²) < 4.78 is 6.56. The Balaban J connectivity index is 1.47. The number of methoxy groups -OCH3 is 1. The summed E-state index contributed by atoms with van der Waals surface area (Å²) in [6.45, 7) is 8.70. The number of H-pyrrole nitrogens is 1. The minimum atomic E-state index is 0.107. The first-order chi connectivity index (χ1) is 14.9. The normalized spacial score (nSPS) is 17.0. The first-order valence-electron chi connectivity index (χ1n) is 10.5. The standard InChI is InChI=1S/C22H28N8O/c1-13(2)18-19(14-6-17(31-3)21(23)30(24)8-14)27-28-20(18)16-5-4-15(7-26-16)29-11-22(12-29)9-25-10-22/h4-8,13,23,25H,9-12,24H2,1-3H3,(H,27,28). The number of aromatic nitrogens is 4. The van der Waals surface area contributed by atoms with Crippen LogP contribution >= 0.6 is 0 Å². The number of nitrogens with one attached hydrogen (secondary N) is 3. The Morgan fingerprint density at radius 1 is 1.26 bits per heavy atom. The number of nitrogens with two attached hydrogens (primary N) is 1. The van der Waals surface area contributed by atoms with Gasteiger partial charge in [0.2, 0.25) is 0 Å². The number of anilines is 1. The molecule has 3 aromatic heterocycles. The van der Waals surface area contributed by atoms with Crippen molar-refractivity contribution in [3.05, 3.63) is 41.6 Å². The second-order valence-corrected chi connectivity index (χ2v) is 8.93. The fraction of sp³-hybridized carbons (Fsp3) is 0.409. The van der Waals surface area contributed by atoms with Crippen molar-refractivity contribution in [1.82, 2.24) is 25.2 Å². The summed E-state index contributed by atoms with van der Waals surface area (Å²) in [4.78, 5) is 7.13. The fourth-order valence-electron chi connectivity index (χ4n) is 4.57. The number of hydrogen-bond acceptors (Lipinski definition) is 7. The van der Waals surface area contributed by atoms with Crippen LogP contribution < -0.4 is 26.3 Å². The lowest BCUT2D eigenvalue weighted by atomic mass is 9.74. The van der Waals surface area contributed by atoms with Crippen LogP contribution in [0.1, 0.15) is 25.3 Å². The van der Waals surface area contributed by atoms with E-state index in [1.54, 1.807) is 12.3 Å². The zero-order valence-corrected chi connectivity index (χ0v) is 18.1. The van der Waals surface area contributed by atoms with E-state index in [0.29, 0.717) is 11.2 Å². The van der Waals surface area contributed by atoms with Gasteiger partial charge >= 0.3 is 0 Å². The van der Waals surface area contributed by atoms with Crippen LogP contribution in [0.15, 0.2) is 30.6 Å². The Kier molecular flexibility index (Phi) is 4.51. The van der Waals surface area contributed by atoms with Crippen molar-refractivity contribution in [3.8, 4) is 28.4 Å². The third-order valence-corrected chi connectivity index (χ3v) is 6.35. The van der Waals surface area contributed by atoms with E-state index in [-0.39, 0.29) is 11.4 Å². The Hall–Kier alpha value is -3.33. The highest BCUT2D eigenvalue weighted by atomic mass is 16.5. The molecule has 9 heteroatoms. The van der Waals surface area contributed by atoms with Gasteiger partial charge in [-0.2, -0.15) is 5.10 Å². The first-order valence-corrected chi connectivity index (χ1v) is 10.5. The Morgan fingerprint density at radius 3 is 2.61 bits per heavy atom. The van der Waals surface area contributed by atoms with Crippen LogP contribution in [-0.4, -0.2) is 53.1 Å². The summed E-state index contributed by atoms with van der Waals surface area (Å²) in [7, 11) is 1.53. The number of aromatic amines is 1. The van der Waals surface area contributed by atoms with Gasteiger partial charge in [0.25, 0.3) is 0 Å². The highest BCUT2D eigenvalue weighted by molar-refractivity contribution is 5.74. The zero-order valence-electron chi connectivity index (χ0n) is 18.1. The molecule has 5 rings (SSSR count). The zero-order chi connectivity index (χ0) is 21.8. The van der Waals surface area contributed by atoms with E-state index >= 15 is 0 Å². The van der Waals surface area contributed by atoms with Crippen LogP contribution in [0.3, 0.4) is 0 Å². The van der Waals surface area contributed by atoms with Gasteiger partial charge in [-0.25, -0.2) is 4.68 Å². The summed E-state index contributed by atoms with van der Waals surface area (Å²) in [6, 6.07) is 5.99. The molecule has 162 valence electrons. The van der Waals surface area contributed by atoms with E-state index in [1.807, 2.05) is 6.20 Å². The second kappa shape index (κ2) is 7.12. The van der Waals surface area contributed by atoms with E-state index in [0.717, 1.165) is 60.1 Å². The fourth-order valence-corrected chi connectivity index (χ4v) is 4.57. The van der Waals surface area contributed by atoms with Gasteiger partial charge in [0.15, 0.2) is 11.2 Å². The molecular weight excluding hydrogens is 392 g/mol. The molecule has 5 heterocycles. The molecule has 0 saturated carbocycles. The predicted octanol–water partition coefficient (Wildman–Crippen LogP) is 1.68. The summed E-state index contributed by atoms with van der Waals surface area (Å²) in [5, 5.41) is 19.2. The van der Waals surface area contributed by atoms with Gasteiger partial charge in [-0.3, -0.25) is 15.5 Å². The van der Waals surface area contributed by atoms with Crippen molar-refractivity contribution >= 4 is 5.69 Å². The summed E-state index contributed by atoms with van der Waals surface area (Å²) in [6.07, 6.45) is 3.65. The molecule has 0 amide bonds. The van der Waals surface area contributed by atoms with Crippen LogP contribution in [0.5, 0.6) is 5.75 Å². The lowest BCUT2D eigenvalue weighted by molar-refractivity contribution is 0.121. The van der Waals surface area contributed by atoms with Crippen molar-refractivity contribution in [3.63, 3.8) is 0 Å². The maximum Gasteiger partial charge on any atom is 0.186 e. The minimum Gasteiger partial charge on any atom is -0.493 e.